The predicted molar refractivity (Wildman–Crippen MR) is 140 cm³/mol. The maximum absolute atomic E-state index is 4.82. The molecule has 1 atom stereocenters. The zero-order valence-electron chi connectivity index (χ0n) is 22.2. The molecule has 2 heteroatoms. The molecule has 0 radical (unpaired) electrons. The van der Waals surface area contributed by atoms with Crippen molar-refractivity contribution >= 4 is 0 Å². The van der Waals surface area contributed by atoms with Gasteiger partial charge in [0, 0.05) is 7.11 Å². The third-order valence-corrected chi connectivity index (χ3v) is 2.09. The van der Waals surface area contributed by atoms with E-state index < -0.39 is 0 Å². The first kappa shape index (κ1) is 38.9. The molecule has 0 spiro atoms. The van der Waals surface area contributed by atoms with Gasteiger partial charge in [0.15, 0.2) is 0 Å². The number of rotatable bonds is 2. The van der Waals surface area contributed by atoms with Crippen molar-refractivity contribution < 1.29 is 9.47 Å². The average molecular weight is 423 g/mol. The highest BCUT2D eigenvalue weighted by molar-refractivity contribution is 4.99. The maximum atomic E-state index is 4.82. The van der Waals surface area contributed by atoms with Crippen LogP contribution in [0.3, 0.4) is 0 Å². The van der Waals surface area contributed by atoms with Gasteiger partial charge < -0.3 is 9.47 Å². The van der Waals surface area contributed by atoms with Crippen LogP contribution in [0.15, 0.2) is 72.8 Å². The van der Waals surface area contributed by atoms with Gasteiger partial charge >= 0.3 is 0 Å². The summed E-state index contributed by atoms with van der Waals surface area (Å²) in [6.45, 7) is 22.2. The highest BCUT2D eigenvalue weighted by Crippen LogP contribution is 2.06. The molecule has 2 nitrogen and oxygen atoms in total. The van der Waals surface area contributed by atoms with Gasteiger partial charge in [0.1, 0.15) is 6.10 Å². The minimum Gasteiger partial charge on any atom is -0.382 e. The SMILES string of the molecule is CC.CC.CC.CCC.CCC.COCC1CO1.c1ccccc1.c1ccccc1. The largest absolute Gasteiger partial charge is 0.382 e. The lowest BCUT2D eigenvalue weighted by Gasteiger charge is -1.84. The second-order valence-electron chi connectivity index (χ2n) is 5.13. The summed E-state index contributed by atoms with van der Waals surface area (Å²) in [6.07, 6.45) is 2.93. The van der Waals surface area contributed by atoms with Crippen LogP contribution in [0.25, 0.3) is 0 Å². The van der Waals surface area contributed by atoms with Crippen molar-refractivity contribution in [1.29, 1.82) is 0 Å². The predicted octanol–water partition coefficient (Wildman–Crippen LogP) is 9.32. The van der Waals surface area contributed by atoms with E-state index in [1.54, 1.807) is 7.11 Å². The highest BCUT2D eigenvalue weighted by Gasteiger charge is 2.21. The third kappa shape index (κ3) is 63.3. The Hall–Kier alpha value is -1.64. The van der Waals surface area contributed by atoms with Gasteiger partial charge in [0.25, 0.3) is 0 Å². The van der Waals surface area contributed by atoms with E-state index in [-0.39, 0.29) is 0 Å². The fourth-order valence-corrected chi connectivity index (χ4v) is 1.12. The van der Waals surface area contributed by atoms with E-state index in [0.717, 1.165) is 13.2 Å². The van der Waals surface area contributed by atoms with Crippen molar-refractivity contribution in [2.45, 2.75) is 88.2 Å². The van der Waals surface area contributed by atoms with E-state index in [9.17, 15) is 0 Å². The minimum atomic E-state index is 0.426. The Morgan fingerprint density at radius 3 is 0.800 bits per heavy atom. The lowest BCUT2D eigenvalue weighted by molar-refractivity contribution is 0.171. The lowest BCUT2D eigenvalue weighted by Crippen LogP contribution is -1.94. The number of ether oxygens (including phenoxy) is 2. The summed E-state index contributed by atoms with van der Waals surface area (Å²) in [5.74, 6) is 0. The fraction of sp³-hybridized carbons (Fsp3) is 0.571. The van der Waals surface area contributed by atoms with Gasteiger partial charge in [-0.1, -0.05) is 155 Å². The summed E-state index contributed by atoms with van der Waals surface area (Å²) in [4.78, 5) is 0. The second-order valence-corrected chi connectivity index (χ2v) is 5.13. The van der Waals surface area contributed by atoms with Gasteiger partial charge in [-0.15, -0.1) is 0 Å². The van der Waals surface area contributed by atoms with Gasteiger partial charge in [-0.2, -0.15) is 0 Å². The first-order chi connectivity index (χ1) is 14.8. The Bertz CT molecular complexity index is 299. The molecule has 1 saturated heterocycles. The summed E-state index contributed by atoms with van der Waals surface area (Å²) < 4.78 is 9.56. The van der Waals surface area contributed by atoms with Crippen LogP contribution in [-0.2, 0) is 9.47 Å². The summed E-state index contributed by atoms with van der Waals surface area (Å²) in [7, 11) is 1.68. The molecule has 0 aliphatic carbocycles. The first-order valence-corrected chi connectivity index (χ1v) is 11.9. The first-order valence-electron chi connectivity index (χ1n) is 11.9. The third-order valence-electron chi connectivity index (χ3n) is 2.09. The normalized spacial score (nSPS) is 11.1. The summed E-state index contributed by atoms with van der Waals surface area (Å²) in [6, 6.07) is 24.0. The molecule has 1 heterocycles. The minimum absolute atomic E-state index is 0.426. The van der Waals surface area contributed by atoms with Crippen LogP contribution < -0.4 is 0 Å². The van der Waals surface area contributed by atoms with Crippen LogP contribution in [0, 0.1) is 0 Å². The Morgan fingerprint density at radius 2 is 0.733 bits per heavy atom. The van der Waals surface area contributed by atoms with E-state index in [1.807, 2.05) is 114 Å². The monoisotopic (exact) mass is 422 g/mol. The molecule has 30 heavy (non-hydrogen) atoms. The number of benzene rings is 2. The van der Waals surface area contributed by atoms with Crippen molar-refractivity contribution in [2.75, 3.05) is 20.3 Å². The van der Waals surface area contributed by atoms with Crippen LogP contribution in [0.2, 0.25) is 0 Å². The molecular formula is C28H54O2. The Kier molecular flexibility index (Phi) is 65.8. The summed E-state index contributed by atoms with van der Waals surface area (Å²) >= 11 is 0. The molecule has 2 aromatic carbocycles. The smallest absolute Gasteiger partial charge is 0.104 e. The molecule has 1 unspecified atom stereocenters. The van der Waals surface area contributed by atoms with Gasteiger partial charge in [-0.05, 0) is 0 Å². The number of epoxide rings is 1. The van der Waals surface area contributed by atoms with Crippen LogP contribution in [0.4, 0.5) is 0 Å². The fourth-order valence-electron chi connectivity index (χ4n) is 1.12. The van der Waals surface area contributed by atoms with Crippen molar-refractivity contribution in [3.8, 4) is 0 Å². The summed E-state index contributed by atoms with van der Waals surface area (Å²) in [5.41, 5.74) is 0. The molecule has 0 N–H and O–H groups in total. The van der Waals surface area contributed by atoms with Gasteiger partial charge in [-0.3, -0.25) is 0 Å². The molecule has 0 amide bonds. The summed E-state index contributed by atoms with van der Waals surface area (Å²) in [5, 5.41) is 0. The van der Waals surface area contributed by atoms with E-state index >= 15 is 0 Å². The zero-order valence-corrected chi connectivity index (χ0v) is 22.2. The number of hydrogen-bond donors (Lipinski definition) is 0. The molecule has 1 fully saturated rings. The molecule has 2 aromatic rings. The van der Waals surface area contributed by atoms with Gasteiger partial charge in [-0.25, -0.2) is 0 Å². The Balaban J connectivity index is -0.0000000838. The van der Waals surface area contributed by atoms with E-state index in [4.69, 9.17) is 9.47 Å². The van der Waals surface area contributed by atoms with Crippen molar-refractivity contribution in [3.63, 3.8) is 0 Å². The maximum Gasteiger partial charge on any atom is 0.104 e. The molecule has 1 aliphatic heterocycles. The number of methoxy groups -OCH3 is 1. The quantitative estimate of drug-likeness (QED) is 0.450. The standard InChI is InChI=1S/2C6H6.C4H8O2.2C3H8.3C2H6/c2*1-2-4-6-5-3-1;1-5-2-4-3-6-4;2*1-3-2;3*1-2/h2*1-6H;4H,2-3H2,1H3;2*3H2,1-2H3;3*1-2H3. The lowest BCUT2D eigenvalue weighted by atomic mass is 10.4. The van der Waals surface area contributed by atoms with Crippen LogP contribution >= 0.6 is 0 Å². The van der Waals surface area contributed by atoms with Crippen molar-refractivity contribution in [2.24, 2.45) is 0 Å². The van der Waals surface area contributed by atoms with Gasteiger partial charge in [0.05, 0.1) is 13.2 Å². The van der Waals surface area contributed by atoms with E-state index in [0.29, 0.717) is 6.10 Å². The molecule has 0 bridgehead atoms. The molecule has 0 aromatic heterocycles. The molecule has 1 aliphatic rings. The number of hydrogen-bond acceptors (Lipinski definition) is 2. The Labute approximate surface area is 191 Å². The average Bonchev–Trinajstić information content (AvgIpc) is 3.67. The highest BCUT2D eigenvalue weighted by atomic mass is 16.6. The molecule has 178 valence electrons. The van der Waals surface area contributed by atoms with Crippen molar-refractivity contribution in [1.82, 2.24) is 0 Å². The molecule has 0 saturated carbocycles. The zero-order chi connectivity index (χ0) is 24.3. The van der Waals surface area contributed by atoms with Crippen LogP contribution in [-0.4, -0.2) is 26.4 Å². The molecular weight excluding hydrogens is 368 g/mol. The van der Waals surface area contributed by atoms with Gasteiger partial charge in [0.2, 0.25) is 0 Å². The molecule has 3 rings (SSSR count). The van der Waals surface area contributed by atoms with Crippen LogP contribution in [0.5, 0.6) is 0 Å². The Morgan fingerprint density at radius 1 is 0.567 bits per heavy atom. The van der Waals surface area contributed by atoms with Crippen molar-refractivity contribution in [3.05, 3.63) is 72.8 Å². The second kappa shape index (κ2) is 50.7. The van der Waals surface area contributed by atoms with E-state index in [1.165, 1.54) is 12.8 Å². The van der Waals surface area contributed by atoms with E-state index in [2.05, 4.69) is 27.7 Å². The topological polar surface area (TPSA) is 21.8 Å². The van der Waals surface area contributed by atoms with Crippen LogP contribution in [0.1, 0.15) is 82.1 Å².